The number of benzene rings is 2. The summed E-state index contributed by atoms with van der Waals surface area (Å²) < 4.78 is 17.0. The summed E-state index contributed by atoms with van der Waals surface area (Å²) in [5.74, 6) is 3.30. The van der Waals surface area contributed by atoms with Gasteiger partial charge in [-0.15, -0.1) is 11.3 Å². The van der Waals surface area contributed by atoms with Crippen LogP contribution in [0.5, 0.6) is 17.2 Å². The Morgan fingerprint density at radius 3 is 2.93 bits per heavy atom. The zero-order valence-electron chi connectivity index (χ0n) is 16.9. The number of ether oxygens (including phenoxy) is 3. The van der Waals surface area contributed by atoms with Crippen LogP contribution < -0.4 is 14.2 Å². The van der Waals surface area contributed by atoms with Crippen molar-refractivity contribution >= 4 is 11.3 Å². The molecule has 0 saturated heterocycles. The summed E-state index contributed by atoms with van der Waals surface area (Å²) in [7, 11) is 0. The highest BCUT2D eigenvalue weighted by atomic mass is 32.1. The lowest BCUT2D eigenvalue weighted by Crippen LogP contribution is -2.03. The van der Waals surface area contributed by atoms with Gasteiger partial charge in [-0.3, -0.25) is 0 Å². The van der Waals surface area contributed by atoms with E-state index in [-0.39, 0.29) is 0 Å². The van der Waals surface area contributed by atoms with Gasteiger partial charge in [0.05, 0.1) is 12.3 Å². The summed E-state index contributed by atoms with van der Waals surface area (Å²) in [5.41, 5.74) is 5.15. The smallest absolute Gasteiger partial charge is 0.231 e. The third-order valence-corrected chi connectivity index (χ3v) is 6.99. The molecule has 150 valence electrons. The quantitative estimate of drug-likeness (QED) is 0.509. The largest absolute Gasteiger partial charge is 0.493 e. The van der Waals surface area contributed by atoms with Gasteiger partial charge in [-0.05, 0) is 73.6 Å². The molecule has 0 N–H and O–H groups in total. The van der Waals surface area contributed by atoms with Crippen LogP contribution in [-0.2, 0) is 12.8 Å². The highest BCUT2D eigenvalue weighted by Gasteiger charge is 2.21. The first kappa shape index (κ1) is 18.5. The molecule has 2 aliphatic rings. The van der Waals surface area contributed by atoms with E-state index in [1.807, 2.05) is 18.2 Å². The maximum Gasteiger partial charge on any atom is 0.231 e. The molecule has 29 heavy (non-hydrogen) atoms. The summed E-state index contributed by atoms with van der Waals surface area (Å²) in [6, 6.07) is 12.6. The molecule has 0 bridgehead atoms. The maximum absolute atomic E-state index is 6.06. The molecule has 5 heteroatoms. The van der Waals surface area contributed by atoms with Gasteiger partial charge in [0.25, 0.3) is 0 Å². The van der Waals surface area contributed by atoms with Gasteiger partial charge in [-0.25, -0.2) is 4.98 Å². The lowest BCUT2D eigenvalue weighted by Gasteiger charge is -2.10. The Morgan fingerprint density at radius 2 is 2.03 bits per heavy atom. The number of hydrogen-bond donors (Lipinski definition) is 0. The number of hydrogen-bond acceptors (Lipinski definition) is 5. The predicted octanol–water partition coefficient (Wildman–Crippen LogP) is 5.91. The molecule has 0 fully saturated rings. The fourth-order valence-corrected chi connectivity index (χ4v) is 5.23. The molecule has 0 spiro atoms. The number of thiazole rings is 1. The summed E-state index contributed by atoms with van der Waals surface area (Å²) in [4.78, 5) is 6.09. The van der Waals surface area contributed by atoms with Crippen LogP contribution in [0.25, 0.3) is 10.6 Å². The lowest BCUT2D eigenvalue weighted by molar-refractivity contribution is 0.174. The van der Waals surface area contributed by atoms with E-state index < -0.39 is 0 Å². The summed E-state index contributed by atoms with van der Waals surface area (Å²) in [5, 5.41) is 1.01. The second-order valence-electron chi connectivity index (χ2n) is 7.69. The Kier molecular flexibility index (Phi) is 4.92. The van der Waals surface area contributed by atoms with Crippen LogP contribution in [0.2, 0.25) is 0 Å². The van der Waals surface area contributed by atoms with E-state index in [1.54, 1.807) is 11.3 Å². The van der Waals surface area contributed by atoms with Crippen molar-refractivity contribution < 1.29 is 14.2 Å². The highest BCUT2D eigenvalue weighted by Crippen LogP contribution is 2.38. The van der Waals surface area contributed by atoms with E-state index in [0.717, 1.165) is 45.9 Å². The molecule has 4 nitrogen and oxygen atoms in total. The zero-order valence-corrected chi connectivity index (χ0v) is 17.7. The number of fused-ring (bicyclic) bond motifs is 2. The molecular formula is C24H25NO3S. The average molecular weight is 408 g/mol. The topological polar surface area (TPSA) is 40.6 Å². The van der Waals surface area contributed by atoms with Gasteiger partial charge < -0.3 is 14.2 Å². The molecule has 0 unspecified atom stereocenters. The standard InChI is InChI=1S/C24H25NO3S/c1-3-16-4-5-17-12-19(7-8-20(16)17)26-11-10-21-15(2)29-24(25-21)18-6-9-22-23(13-18)28-14-27-22/h6-9,12-13,16H,3-5,10-11,14H2,1-2H3/t16-/m1/s1. The van der Waals surface area contributed by atoms with Crippen molar-refractivity contribution in [1.82, 2.24) is 4.98 Å². The Morgan fingerprint density at radius 1 is 1.14 bits per heavy atom. The summed E-state index contributed by atoms with van der Waals surface area (Å²) >= 11 is 1.72. The van der Waals surface area contributed by atoms with E-state index >= 15 is 0 Å². The normalized spacial score (nSPS) is 16.8. The molecule has 0 saturated carbocycles. The van der Waals surface area contributed by atoms with Gasteiger partial charge in [-0.2, -0.15) is 0 Å². The predicted molar refractivity (Wildman–Crippen MR) is 115 cm³/mol. The number of aromatic nitrogens is 1. The van der Waals surface area contributed by atoms with Gasteiger partial charge in [0.15, 0.2) is 11.5 Å². The van der Waals surface area contributed by atoms with Crippen molar-refractivity contribution in [3.05, 3.63) is 58.1 Å². The second kappa shape index (κ2) is 7.71. The van der Waals surface area contributed by atoms with Gasteiger partial charge in [-0.1, -0.05) is 13.0 Å². The molecule has 5 rings (SSSR count). The number of rotatable bonds is 6. The highest BCUT2D eigenvalue weighted by molar-refractivity contribution is 7.15. The lowest BCUT2D eigenvalue weighted by atomic mass is 9.99. The maximum atomic E-state index is 6.06. The van der Waals surface area contributed by atoms with Crippen LogP contribution >= 0.6 is 11.3 Å². The first-order chi connectivity index (χ1) is 14.2. The van der Waals surface area contributed by atoms with E-state index in [0.29, 0.717) is 13.4 Å². The monoisotopic (exact) mass is 407 g/mol. The molecule has 2 aromatic carbocycles. The third-order valence-electron chi connectivity index (χ3n) is 5.93. The van der Waals surface area contributed by atoms with Crippen LogP contribution in [-0.4, -0.2) is 18.4 Å². The van der Waals surface area contributed by atoms with Crippen molar-refractivity contribution in [2.45, 2.75) is 45.4 Å². The number of nitrogens with zero attached hydrogens (tertiary/aromatic N) is 1. The average Bonchev–Trinajstić information content (AvgIpc) is 3.45. The van der Waals surface area contributed by atoms with E-state index in [9.17, 15) is 0 Å². The molecule has 1 atom stereocenters. The van der Waals surface area contributed by atoms with Gasteiger partial charge in [0, 0.05) is 16.9 Å². The molecule has 3 aromatic rings. The third kappa shape index (κ3) is 3.60. The Bertz CT molecular complexity index is 1040. The van der Waals surface area contributed by atoms with Crippen molar-refractivity contribution in [3.8, 4) is 27.8 Å². The van der Waals surface area contributed by atoms with Crippen LogP contribution in [0.3, 0.4) is 0 Å². The molecule has 1 aliphatic carbocycles. The molecular weight excluding hydrogens is 382 g/mol. The summed E-state index contributed by atoms with van der Waals surface area (Å²) in [6.45, 7) is 5.34. The van der Waals surface area contributed by atoms with Crippen molar-refractivity contribution in [3.63, 3.8) is 0 Å². The second-order valence-corrected chi connectivity index (χ2v) is 8.90. The van der Waals surface area contributed by atoms with Crippen LogP contribution in [0.1, 0.15) is 47.4 Å². The van der Waals surface area contributed by atoms with E-state index in [2.05, 4.69) is 32.0 Å². The Balaban J connectivity index is 1.24. The molecule has 0 radical (unpaired) electrons. The van der Waals surface area contributed by atoms with Gasteiger partial charge in [0.1, 0.15) is 10.8 Å². The fourth-order valence-electron chi connectivity index (χ4n) is 4.27. The van der Waals surface area contributed by atoms with E-state index in [4.69, 9.17) is 19.2 Å². The van der Waals surface area contributed by atoms with Gasteiger partial charge >= 0.3 is 0 Å². The number of aryl methyl sites for hydroxylation is 2. The minimum absolute atomic E-state index is 0.292. The zero-order chi connectivity index (χ0) is 19.8. The van der Waals surface area contributed by atoms with Crippen molar-refractivity contribution in [2.75, 3.05) is 13.4 Å². The van der Waals surface area contributed by atoms with Crippen LogP contribution in [0, 0.1) is 6.92 Å². The minimum atomic E-state index is 0.292. The van der Waals surface area contributed by atoms with Crippen LogP contribution in [0.4, 0.5) is 0 Å². The summed E-state index contributed by atoms with van der Waals surface area (Å²) in [6.07, 6.45) is 4.48. The van der Waals surface area contributed by atoms with Crippen LogP contribution in [0.15, 0.2) is 36.4 Å². The van der Waals surface area contributed by atoms with Crippen molar-refractivity contribution in [2.24, 2.45) is 0 Å². The van der Waals surface area contributed by atoms with E-state index in [1.165, 1.54) is 35.3 Å². The molecule has 1 aliphatic heterocycles. The van der Waals surface area contributed by atoms with Gasteiger partial charge in [0.2, 0.25) is 6.79 Å². The van der Waals surface area contributed by atoms with Crippen molar-refractivity contribution in [1.29, 1.82) is 0 Å². The molecule has 2 heterocycles. The minimum Gasteiger partial charge on any atom is -0.493 e. The SMILES string of the molecule is CC[C@@H]1CCc2cc(OCCc3nc(-c4ccc5c(c4)OCO5)sc3C)ccc21. The Hall–Kier alpha value is -2.53. The first-order valence-corrected chi connectivity index (χ1v) is 11.1. The molecule has 0 amide bonds. The Labute approximate surface area is 175 Å². The first-order valence-electron chi connectivity index (χ1n) is 10.3. The molecule has 1 aromatic heterocycles. The fraction of sp³-hybridized carbons (Fsp3) is 0.375.